The lowest BCUT2D eigenvalue weighted by molar-refractivity contribution is 0.341. The number of benzene rings is 1. The minimum Gasteiger partial charge on any atom is -0.504 e. The third kappa shape index (κ3) is 2.37. The Labute approximate surface area is 105 Å². The van der Waals surface area contributed by atoms with Crippen molar-refractivity contribution in [1.29, 1.82) is 0 Å². The fourth-order valence-corrected chi connectivity index (χ4v) is 1.77. The van der Waals surface area contributed by atoms with Crippen LogP contribution in [-0.2, 0) is 11.3 Å². The number of oxazole rings is 1. The second-order valence-corrected chi connectivity index (χ2v) is 3.86. The number of nitrogens with zero attached hydrogens (tertiary/aromatic N) is 1. The molecule has 0 saturated heterocycles. The van der Waals surface area contributed by atoms with Crippen LogP contribution in [-0.4, -0.2) is 11.7 Å². The van der Waals surface area contributed by atoms with Crippen LogP contribution in [0.25, 0.3) is 17.2 Å². The molecule has 0 atom stereocenters. The summed E-state index contributed by atoms with van der Waals surface area (Å²) in [4.78, 5) is 11.7. The van der Waals surface area contributed by atoms with Crippen molar-refractivity contribution in [3.63, 3.8) is 0 Å². The van der Waals surface area contributed by atoms with Crippen LogP contribution >= 0.6 is 0 Å². The van der Waals surface area contributed by atoms with Gasteiger partial charge in [0.25, 0.3) is 0 Å². The zero-order chi connectivity index (χ0) is 13.0. The molecule has 0 aliphatic rings. The van der Waals surface area contributed by atoms with Gasteiger partial charge in [-0.1, -0.05) is 12.1 Å². The van der Waals surface area contributed by atoms with Crippen molar-refractivity contribution in [3.8, 4) is 0 Å². The molecule has 18 heavy (non-hydrogen) atoms. The lowest BCUT2D eigenvalue weighted by atomic mass is 10.2. The van der Waals surface area contributed by atoms with E-state index >= 15 is 0 Å². The van der Waals surface area contributed by atoms with Crippen LogP contribution in [0.2, 0.25) is 0 Å². The monoisotopic (exact) mass is 245 g/mol. The fraction of sp³-hybridized carbons (Fsp3) is 0.214. The second kappa shape index (κ2) is 5.40. The van der Waals surface area contributed by atoms with Crippen molar-refractivity contribution in [1.82, 2.24) is 4.57 Å². The molecular weight excluding hydrogens is 230 g/mol. The highest BCUT2D eigenvalue weighted by Gasteiger charge is 2.08. The predicted molar refractivity (Wildman–Crippen MR) is 71.3 cm³/mol. The normalized spacial score (nSPS) is 11.2. The van der Waals surface area contributed by atoms with E-state index in [0.717, 1.165) is 17.5 Å². The molecule has 0 N–H and O–H groups in total. The lowest BCUT2D eigenvalue weighted by Crippen LogP contribution is -2.13. The Morgan fingerprint density at radius 3 is 3.06 bits per heavy atom. The zero-order valence-corrected chi connectivity index (χ0v) is 10.3. The minimum atomic E-state index is -0.334. The maximum atomic E-state index is 11.7. The third-order valence-electron chi connectivity index (χ3n) is 2.65. The molecular formula is C14H15NO3. The Balaban J connectivity index is 2.44. The molecule has 1 aromatic carbocycles. The van der Waals surface area contributed by atoms with Crippen molar-refractivity contribution < 1.29 is 9.15 Å². The van der Waals surface area contributed by atoms with Crippen molar-refractivity contribution in [2.24, 2.45) is 0 Å². The zero-order valence-electron chi connectivity index (χ0n) is 10.3. The van der Waals surface area contributed by atoms with Crippen LogP contribution in [0.15, 0.2) is 46.3 Å². The van der Waals surface area contributed by atoms with E-state index in [1.54, 1.807) is 30.1 Å². The standard InChI is InChI=1S/C14H15NO3/c1-3-4-8-15-12-6-5-11(7-9-17-2)10-13(12)18-14(15)16/h3,5-7,9-10H,1,4,8H2,2H3/b9-7+. The van der Waals surface area contributed by atoms with Gasteiger partial charge in [0.05, 0.1) is 18.9 Å². The molecule has 0 amide bonds. The van der Waals surface area contributed by atoms with Crippen LogP contribution in [0.3, 0.4) is 0 Å². The van der Waals surface area contributed by atoms with E-state index in [9.17, 15) is 4.79 Å². The number of allylic oxidation sites excluding steroid dienone is 1. The van der Waals surface area contributed by atoms with E-state index in [1.165, 1.54) is 0 Å². The van der Waals surface area contributed by atoms with Crippen LogP contribution in [0.4, 0.5) is 0 Å². The van der Waals surface area contributed by atoms with Crippen molar-refractivity contribution in [3.05, 3.63) is 53.2 Å². The lowest BCUT2D eigenvalue weighted by Gasteiger charge is -1.99. The molecule has 0 spiro atoms. The third-order valence-corrected chi connectivity index (χ3v) is 2.65. The van der Waals surface area contributed by atoms with Crippen molar-refractivity contribution >= 4 is 17.2 Å². The SMILES string of the molecule is C=CCCn1c(=O)oc2cc(/C=C/OC)ccc21. The summed E-state index contributed by atoms with van der Waals surface area (Å²) in [6.07, 6.45) is 5.90. The van der Waals surface area contributed by atoms with Crippen LogP contribution < -0.4 is 5.76 Å². The van der Waals surface area contributed by atoms with Gasteiger partial charge in [-0.3, -0.25) is 4.57 Å². The van der Waals surface area contributed by atoms with E-state index in [2.05, 4.69) is 6.58 Å². The van der Waals surface area contributed by atoms with Crippen molar-refractivity contribution in [2.45, 2.75) is 13.0 Å². The van der Waals surface area contributed by atoms with Gasteiger partial charge < -0.3 is 9.15 Å². The Bertz CT molecular complexity index is 634. The molecule has 4 nitrogen and oxygen atoms in total. The average Bonchev–Trinajstić information content (AvgIpc) is 2.68. The first-order valence-electron chi connectivity index (χ1n) is 5.70. The molecule has 0 unspecified atom stereocenters. The Morgan fingerprint density at radius 1 is 1.50 bits per heavy atom. The van der Waals surface area contributed by atoms with Gasteiger partial charge in [-0.05, 0) is 30.2 Å². The molecule has 0 saturated carbocycles. The Kier molecular flexibility index (Phi) is 3.67. The first-order valence-corrected chi connectivity index (χ1v) is 5.70. The van der Waals surface area contributed by atoms with Gasteiger partial charge in [-0.2, -0.15) is 0 Å². The van der Waals surface area contributed by atoms with Crippen LogP contribution in [0, 0.1) is 0 Å². The maximum absolute atomic E-state index is 11.7. The van der Waals surface area contributed by atoms with Gasteiger partial charge >= 0.3 is 5.76 Å². The van der Waals surface area contributed by atoms with Crippen molar-refractivity contribution in [2.75, 3.05) is 7.11 Å². The van der Waals surface area contributed by atoms with Gasteiger partial charge in [0.15, 0.2) is 5.58 Å². The van der Waals surface area contributed by atoms with E-state index in [4.69, 9.17) is 9.15 Å². The highest BCUT2D eigenvalue weighted by Crippen LogP contribution is 2.16. The highest BCUT2D eigenvalue weighted by molar-refractivity contribution is 5.76. The number of hydrogen-bond acceptors (Lipinski definition) is 3. The van der Waals surface area contributed by atoms with Gasteiger partial charge in [-0.15, -0.1) is 6.58 Å². The summed E-state index contributed by atoms with van der Waals surface area (Å²) in [5.74, 6) is -0.334. The molecule has 0 bridgehead atoms. The van der Waals surface area contributed by atoms with Crippen LogP contribution in [0.1, 0.15) is 12.0 Å². The number of aromatic nitrogens is 1. The topological polar surface area (TPSA) is 44.4 Å². The number of aryl methyl sites for hydroxylation is 1. The summed E-state index contributed by atoms with van der Waals surface area (Å²) in [5, 5.41) is 0. The molecule has 4 heteroatoms. The number of ether oxygens (including phenoxy) is 1. The average molecular weight is 245 g/mol. The largest absolute Gasteiger partial charge is 0.504 e. The summed E-state index contributed by atoms with van der Waals surface area (Å²) in [6, 6.07) is 5.60. The summed E-state index contributed by atoms with van der Waals surface area (Å²) >= 11 is 0. The fourth-order valence-electron chi connectivity index (χ4n) is 1.77. The van der Waals surface area contributed by atoms with Gasteiger partial charge in [0.2, 0.25) is 0 Å². The number of methoxy groups -OCH3 is 1. The first-order chi connectivity index (χ1) is 8.76. The molecule has 94 valence electrons. The molecule has 1 aromatic heterocycles. The number of hydrogen-bond donors (Lipinski definition) is 0. The molecule has 0 radical (unpaired) electrons. The summed E-state index contributed by atoms with van der Waals surface area (Å²) in [6.45, 7) is 4.23. The van der Waals surface area contributed by atoms with Crippen LogP contribution in [0.5, 0.6) is 0 Å². The number of rotatable bonds is 5. The van der Waals surface area contributed by atoms with Gasteiger partial charge in [0, 0.05) is 6.54 Å². The van der Waals surface area contributed by atoms with Gasteiger partial charge in [-0.25, -0.2) is 4.79 Å². The summed E-state index contributed by atoms with van der Waals surface area (Å²) in [7, 11) is 1.58. The van der Waals surface area contributed by atoms with Gasteiger partial charge in [0.1, 0.15) is 0 Å². The minimum absolute atomic E-state index is 0.334. The molecule has 0 aliphatic carbocycles. The molecule has 2 rings (SSSR count). The maximum Gasteiger partial charge on any atom is 0.419 e. The smallest absolute Gasteiger partial charge is 0.419 e. The van der Waals surface area contributed by atoms with E-state index in [1.807, 2.05) is 18.2 Å². The second-order valence-electron chi connectivity index (χ2n) is 3.86. The summed E-state index contributed by atoms with van der Waals surface area (Å²) in [5.41, 5.74) is 2.31. The van der Waals surface area contributed by atoms with E-state index in [0.29, 0.717) is 12.1 Å². The molecule has 2 aromatic rings. The Hall–Kier alpha value is -2.23. The first kappa shape index (κ1) is 12.2. The summed E-state index contributed by atoms with van der Waals surface area (Å²) < 4.78 is 11.7. The van der Waals surface area contributed by atoms with E-state index in [-0.39, 0.29) is 5.76 Å². The quantitative estimate of drug-likeness (QED) is 0.601. The predicted octanol–water partition coefficient (Wildman–Crippen LogP) is 2.79. The molecule has 0 aliphatic heterocycles. The number of fused-ring (bicyclic) bond motifs is 1. The highest BCUT2D eigenvalue weighted by atomic mass is 16.5. The molecule has 1 heterocycles. The van der Waals surface area contributed by atoms with E-state index < -0.39 is 0 Å². The molecule has 0 fully saturated rings. The Morgan fingerprint density at radius 2 is 2.33 bits per heavy atom.